The van der Waals surface area contributed by atoms with Crippen LogP contribution in [0.2, 0.25) is 0 Å². The summed E-state index contributed by atoms with van der Waals surface area (Å²) in [5, 5.41) is 50.4. The van der Waals surface area contributed by atoms with Crippen molar-refractivity contribution in [2.45, 2.75) is 6.61 Å². The number of nitriles is 4. The van der Waals surface area contributed by atoms with Gasteiger partial charge in [0.15, 0.2) is 0 Å². The molecule has 3 rings (SSSR count). The van der Waals surface area contributed by atoms with E-state index < -0.39 is 0 Å². The van der Waals surface area contributed by atoms with Gasteiger partial charge in [-0.2, -0.15) is 21.0 Å². The molecule has 0 heterocycles. The molecule has 0 aliphatic heterocycles. The molecule has 5 heteroatoms. The van der Waals surface area contributed by atoms with E-state index in [0.717, 1.165) is 0 Å². The van der Waals surface area contributed by atoms with Crippen molar-refractivity contribution in [3.63, 3.8) is 0 Å². The first kappa shape index (κ1) is 16.7. The van der Waals surface area contributed by atoms with Crippen molar-refractivity contribution in [1.82, 2.24) is 0 Å². The van der Waals surface area contributed by atoms with Crippen LogP contribution >= 0.6 is 0 Å². The number of rotatable bonds is 1. The third-order valence-corrected chi connectivity index (χ3v) is 4.22. The second-order valence-electron chi connectivity index (χ2n) is 5.53. The maximum atomic E-state index is 9.48. The Labute approximate surface area is 148 Å². The Hall–Kier alpha value is -4.16. The van der Waals surface area contributed by atoms with Crippen molar-refractivity contribution in [3.8, 4) is 24.3 Å². The van der Waals surface area contributed by atoms with Gasteiger partial charge in [-0.1, -0.05) is 36.4 Å². The Bertz CT molecular complexity index is 1320. The Balaban J connectivity index is 2.92. The molecule has 0 saturated heterocycles. The van der Waals surface area contributed by atoms with Crippen LogP contribution in [-0.4, -0.2) is 5.11 Å². The lowest BCUT2D eigenvalue weighted by atomic mass is 9.93. The Morgan fingerprint density at radius 1 is 0.692 bits per heavy atom. The standard InChI is InChI=1S/C21H10N4O/c22-8-14(9-23)20-16-3-1-2-4-17(16)21(15(10-24)11-25)19-7-13(12-26)5-6-18(19)20/h1-7,26H,12H2. The van der Waals surface area contributed by atoms with Crippen LogP contribution in [0.1, 0.15) is 5.56 Å². The normalized spacial score (nSPS) is 9.73. The van der Waals surface area contributed by atoms with Gasteiger partial charge in [0, 0.05) is 10.4 Å². The van der Waals surface area contributed by atoms with Crippen LogP contribution in [0.5, 0.6) is 0 Å². The summed E-state index contributed by atoms with van der Waals surface area (Å²) in [5.41, 5.74) is 0.485. The van der Waals surface area contributed by atoms with Gasteiger partial charge in [-0.15, -0.1) is 0 Å². The van der Waals surface area contributed by atoms with Gasteiger partial charge in [-0.3, -0.25) is 0 Å². The number of benzene rings is 3. The summed E-state index contributed by atoms with van der Waals surface area (Å²) in [6.45, 7) is -0.209. The predicted molar refractivity (Wildman–Crippen MR) is 95.9 cm³/mol. The minimum Gasteiger partial charge on any atom is -0.392 e. The zero-order valence-electron chi connectivity index (χ0n) is 13.5. The van der Waals surface area contributed by atoms with Gasteiger partial charge in [0.2, 0.25) is 0 Å². The van der Waals surface area contributed by atoms with Crippen LogP contribution in [0.4, 0.5) is 0 Å². The summed E-state index contributed by atoms with van der Waals surface area (Å²) in [7, 11) is 0. The third kappa shape index (κ3) is 2.43. The van der Waals surface area contributed by atoms with Crippen molar-refractivity contribution in [2.75, 3.05) is 0 Å². The SMILES string of the molecule is N#CC(C#N)=c1c2ccccc2c(=C(C#N)C#N)c2cc(CO)ccc12. The second kappa shape index (κ2) is 6.76. The number of fused-ring (bicyclic) bond motifs is 2. The largest absolute Gasteiger partial charge is 0.392 e. The number of nitrogens with zero attached hydrogens (tertiary/aromatic N) is 4. The van der Waals surface area contributed by atoms with E-state index >= 15 is 0 Å². The van der Waals surface area contributed by atoms with E-state index in [4.69, 9.17) is 0 Å². The number of aliphatic hydroxyl groups excluding tert-OH is 1. The van der Waals surface area contributed by atoms with Gasteiger partial charge in [-0.25, -0.2) is 0 Å². The maximum Gasteiger partial charge on any atom is 0.138 e. The van der Waals surface area contributed by atoms with E-state index in [2.05, 4.69) is 0 Å². The minimum absolute atomic E-state index is 0.0510. The highest BCUT2D eigenvalue weighted by atomic mass is 16.3. The molecule has 0 saturated carbocycles. The van der Waals surface area contributed by atoms with E-state index in [1.807, 2.05) is 24.3 Å². The third-order valence-electron chi connectivity index (χ3n) is 4.22. The van der Waals surface area contributed by atoms with Crippen LogP contribution in [0.15, 0.2) is 42.5 Å². The molecule has 5 nitrogen and oxygen atoms in total. The lowest BCUT2D eigenvalue weighted by Crippen LogP contribution is -2.18. The molecule has 26 heavy (non-hydrogen) atoms. The molecule has 0 spiro atoms. The second-order valence-corrected chi connectivity index (χ2v) is 5.53. The van der Waals surface area contributed by atoms with Gasteiger partial charge in [-0.05, 0) is 33.2 Å². The fourth-order valence-electron chi connectivity index (χ4n) is 3.14. The highest BCUT2D eigenvalue weighted by molar-refractivity contribution is 6.05. The fraction of sp³-hybridized carbons (Fsp3) is 0.0476. The molecule has 120 valence electrons. The van der Waals surface area contributed by atoms with Crippen LogP contribution in [0.25, 0.3) is 32.7 Å². The highest BCUT2D eigenvalue weighted by Crippen LogP contribution is 2.18. The van der Waals surface area contributed by atoms with Crippen molar-refractivity contribution in [1.29, 1.82) is 21.0 Å². The minimum atomic E-state index is -0.209. The van der Waals surface area contributed by atoms with E-state index in [0.29, 0.717) is 37.5 Å². The quantitative estimate of drug-likeness (QED) is 0.682. The summed E-state index contributed by atoms with van der Waals surface area (Å²) >= 11 is 0. The monoisotopic (exact) mass is 334 g/mol. The summed E-state index contributed by atoms with van der Waals surface area (Å²) in [6, 6.07) is 19.8. The van der Waals surface area contributed by atoms with Gasteiger partial charge < -0.3 is 5.11 Å². The van der Waals surface area contributed by atoms with Gasteiger partial charge in [0.1, 0.15) is 35.4 Å². The molecule has 1 N–H and O–H groups in total. The van der Waals surface area contributed by atoms with Gasteiger partial charge in [0.05, 0.1) is 6.61 Å². The molecule has 0 atom stereocenters. The van der Waals surface area contributed by atoms with E-state index in [1.165, 1.54) is 0 Å². The Kier molecular flexibility index (Phi) is 4.34. The lowest BCUT2D eigenvalue weighted by Gasteiger charge is -2.09. The van der Waals surface area contributed by atoms with Crippen LogP contribution in [0, 0.1) is 45.3 Å². The molecule has 0 unspecified atom stereocenters. The number of hydrogen-bond acceptors (Lipinski definition) is 5. The average molecular weight is 334 g/mol. The number of aliphatic hydroxyl groups is 1. The zero-order chi connectivity index (χ0) is 18.7. The van der Waals surface area contributed by atoms with Gasteiger partial charge >= 0.3 is 0 Å². The van der Waals surface area contributed by atoms with E-state index in [9.17, 15) is 26.2 Å². The van der Waals surface area contributed by atoms with Crippen molar-refractivity contribution in [2.24, 2.45) is 0 Å². The zero-order valence-corrected chi connectivity index (χ0v) is 13.5. The van der Waals surface area contributed by atoms with E-state index in [1.54, 1.807) is 42.5 Å². The molecule has 0 aliphatic carbocycles. The molecule has 0 aromatic heterocycles. The molecule has 3 aromatic carbocycles. The molecule has 0 amide bonds. The van der Waals surface area contributed by atoms with Crippen molar-refractivity contribution >= 4 is 32.7 Å². The first-order valence-electron chi connectivity index (χ1n) is 7.63. The molecule has 3 aromatic rings. The van der Waals surface area contributed by atoms with Crippen LogP contribution in [-0.2, 0) is 6.61 Å². The molecular weight excluding hydrogens is 324 g/mol. The lowest BCUT2D eigenvalue weighted by molar-refractivity contribution is 0.282. The Morgan fingerprint density at radius 3 is 1.62 bits per heavy atom. The highest BCUT2D eigenvalue weighted by Gasteiger charge is 2.12. The molecule has 0 bridgehead atoms. The Morgan fingerprint density at radius 2 is 1.15 bits per heavy atom. The molecule has 0 fully saturated rings. The molecule has 0 radical (unpaired) electrons. The topological polar surface area (TPSA) is 115 Å². The first-order valence-corrected chi connectivity index (χ1v) is 7.63. The molecule has 0 aliphatic rings. The number of hydrogen-bond donors (Lipinski definition) is 1. The molecular formula is C21H10N4O. The predicted octanol–water partition coefficient (Wildman–Crippen LogP) is 1.88. The summed E-state index contributed by atoms with van der Waals surface area (Å²) in [5.74, 6) is 0. The van der Waals surface area contributed by atoms with Crippen LogP contribution < -0.4 is 10.4 Å². The summed E-state index contributed by atoms with van der Waals surface area (Å²) in [4.78, 5) is 0. The van der Waals surface area contributed by atoms with E-state index in [-0.39, 0.29) is 17.8 Å². The van der Waals surface area contributed by atoms with Crippen molar-refractivity contribution in [3.05, 3.63) is 58.5 Å². The smallest absolute Gasteiger partial charge is 0.138 e. The van der Waals surface area contributed by atoms with Crippen molar-refractivity contribution < 1.29 is 5.11 Å². The first-order chi connectivity index (χ1) is 12.7. The maximum absolute atomic E-state index is 9.48. The average Bonchev–Trinajstić information content (AvgIpc) is 2.70. The van der Waals surface area contributed by atoms with Gasteiger partial charge in [0.25, 0.3) is 0 Å². The summed E-state index contributed by atoms with van der Waals surface area (Å²) < 4.78 is 0. The summed E-state index contributed by atoms with van der Waals surface area (Å²) in [6.07, 6.45) is 0. The van der Waals surface area contributed by atoms with Crippen LogP contribution in [0.3, 0.4) is 0 Å². The fourth-order valence-corrected chi connectivity index (χ4v) is 3.14.